The smallest absolute Gasteiger partial charge is 0.145 e. The Bertz CT molecular complexity index is 1210. The Morgan fingerprint density at radius 3 is 1.82 bits per heavy atom. The van der Waals surface area contributed by atoms with E-state index >= 15 is 0 Å². The van der Waals surface area contributed by atoms with Crippen molar-refractivity contribution < 1.29 is 14.3 Å². The lowest BCUT2D eigenvalue weighted by atomic mass is 9.46. The second-order valence-electron chi connectivity index (χ2n) is 10.4. The molecule has 3 nitrogen and oxygen atoms in total. The van der Waals surface area contributed by atoms with E-state index in [0.29, 0.717) is 0 Å². The first-order chi connectivity index (χ1) is 15.9. The van der Waals surface area contributed by atoms with Gasteiger partial charge in [-0.15, -0.1) is 0 Å². The van der Waals surface area contributed by atoms with Crippen molar-refractivity contribution >= 4 is 11.6 Å². The maximum atomic E-state index is 14.4. The summed E-state index contributed by atoms with van der Waals surface area (Å²) in [5, 5.41) is 0. The van der Waals surface area contributed by atoms with Crippen molar-refractivity contribution in [2.24, 2.45) is 22.7 Å². The Morgan fingerprint density at radius 1 is 0.758 bits per heavy atom. The zero-order chi connectivity index (χ0) is 23.0. The Morgan fingerprint density at radius 2 is 1.30 bits per heavy atom. The van der Waals surface area contributed by atoms with E-state index in [1.165, 1.54) is 0 Å². The first-order valence-corrected chi connectivity index (χ1v) is 11.7. The normalized spacial score (nSPS) is 33.5. The summed E-state index contributed by atoms with van der Waals surface area (Å²) in [4.78, 5) is 28.6. The monoisotopic (exact) mass is 436 g/mol. The van der Waals surface area contributed by atoms with E-state index in [4.69, 9.17) is 4.74 Å². The molecule has 3 fully saturated rings. The molecule has 5 atom stereocenters. The fraction of sp³-hybridized carbons (Fsp3) is 0.333. The fourth-order valence-electron chi connectivity index (χ4n) is 7.44. The third-order valence-corrected chi connectivity index (χ3v) is 9.10. The van der Waals surface area contributed by atoms with Gasteiger partial charge in [0, 0.05) is 22.7 Å². The molecule has 0 heterocycles. The van der Waals surface area contributed by atoms with Crippen molar-refractivity contribution in [1.29, 1.82) is 0 Å². The van der Waals surface area contributed by atoms with Gasteiger partial charge in [-0.1, -0.05) is 86.6 Å². The predicted octanol–water partition coefficient (Wildman–Crippen LogP) is 5.58. The highest BCUT2D eigenvalue weighted by Crippen LogP contribution is 2.81. The number of hydrogen-bond donors (Lipinski definition) is 0. The number of carbonyl (C=O) groups excluding carboxylic acids is 2. The van der Waals surface area contributed by atoms with Gasteiger partial charge in [-0.25, -0.2) is 0 Å². The number of carbonyl (C=O) groups is 2. The van der Waals surface area contributed by atoms with Gasteiger partial charge in [0.05, 0.1) is 12.5 Å². The Balaban J connectivity index is 1.49. The molecule has 6 rings (SSSR count). The van der Waals surface area contributed by atoms with E-state index in [-0.39, 0.29) is 29.3 Å². The molecule has 3 heteroatoms. The van der Waals surface area contributed by atoms with Crippen LogP contribution in [0.3, 0.4) is 0 Å². The van der Waals surface area contributed by atoms with E-state index in [1.54, 1.807) is 7.11 Å². The van der Waals surface area contributed by atoms with Crippen molar-refractivity contribution in [3.63, 3.8) is 0 Å². The second-order valence-corrected chi connectivity index (χ2v) is 10.4. The number of methoxy groups -OCH3 is 1. The molecule has 0 unspecified atom stereocenters. The third kappa shape index (κ3) is 2.30. The SMILES string of the molecule is COc1ccc([C@H]2C[C@]3(C)C(=O)[C@H]4C(c5ccccc5)(c5ccccc5)[C@@]4(C)C(=O)[C@H]23)cc1. The van der Waals surface area contributed by atoms with Crippen molar-refractivity contribution in [1.82, 2.24) is 0 Å². The van der Waals surface area contributed by atoms with Gasteiger partial charge in [0.2, 0.25) is 0 Å². The minimum absolute atomic E-state index is 0.0694. The molecule has 3 aromatic rings. The summed E-state index contributed by atoms with van der Waals surface area (Å²) < 4.78 is 5.31. The molecule has 3 aliphatic carbocycles. The van der Waals surface area contributed by atoms with Crippen LogP contribution < -0.4 is 4.74 Å². The lowest BCUT2D eigenvalue weighted by Gasteiger charge is -2.55. The Labute approximate surface area is 194 Å². The van der Waals surface area contributed by atoms with Crippen LogP contribution in [0.1, 0.15) is 42.9 Å². The first kappa shape index (κ1) is 20.4. The summed E-state index contributed by atoms with van der Waals surface area (Å²) in [6.07, 6.45) is 0.723. The van der Waals surface area contributed by atoms with Gasteiger partial charge in [0.25, 0.3) is 0 Å². The van der Waals surface area contributed by atoms with Crippen molar-refractivity contribution in [2.45, 2.75) is 31.6 Å². The maximum Gasteiger partial charge on any atom is 0.145 e. The third-order valence-electron chi connectivity index (χ3n) is 9.10. The molecule has 0 N–H and O–H groups in total. The molecule has 3 saturated carbocycles. The summed E-state index contributed by atoms with van der Waals surface area (Å²) >= 11 is 0. The molecular formula is C30H28O3. The highest BCUT2D eigenvalue weighted by atomic mass is 16.5. The van der Waals surface area contributed by atoms with Crippen LogP contribution in [0.15, 0.2) is 84.9 Å². The van der Waals surface area contributed by atoms with E-state index in [9.17, 15) is 9.59 Å². The number of Topliss-reactive ketones (excluding diaryl/α,β-unsaturated/α-hetero) is 2. The molecule has 166 valence electrons. The van der Waals surface area contributed by atoms with Gasteiger partial charge in [-0.2, -0.15) is 0 Å². The van der Waals surface area contributed by atoms with Crippen LogP contribution in [0.2, 0.25) is 0 Å². The van der Waals surface area contributed by atoms with Crippen LogP contribution in [-0.2, 0) is 15.0 Å². The van der Waals surface area contributed by atoms with Crippen LogP contribution in [-0.4, -0.2) is 18.7 Å². The number of rotatable bonds is 4. The molecular weight excluding hydrogens is 408 g/mol. The van der Waals surface area contributed by atoms with Crippen LogP contribution >= 0.6 is 0 Å². The van der Waals surface area contributed by atoms with Crippen molar-refractivity contribution in [3.8, 4) is 5.75 Å². The topological polar surface area (TPSA) is 43.4 Å². The molecule has 0 amide bonds. The summed E-state index contributed by atoms with van der Waals surface area (Å²) in [6, 6.07) is 28.4. The minimum atomic E-state index is -0.734. The predicted molar refractivity (Wildman–Crippen MR) is 127 cm³/mol. The maximum absolute atomic E-state index is 14.4. The van der Waals surface area contributed by atoms with Gasteiger partial charge in [-0.3, -0.25) is 9.59 Å². The summed E-state index contributed by atoms with van der Waals surface area (Å²) in [5.41, 5.74) is 1.31. The zero-order valence-corrected chi connectivity index (χ0v) is 19.2. The van der Waals surface area contributed by atoms with Crippen LogP contribution in [0.4, 0.5) is 0 Å². The van der Waals surface area contributed by atoms with Gasteiger partial charge in [0.1, 0.15) is 17.3 Å². The van der Waals surface area contributed by atoms with E-state index < -0.39 is 16.2 Å². The van der Waals surface area contributed by atoms with Gasteiger partial charge in [-0.05, 0) is 41.2 Å². The molecule has 0 aliphatic heterocycles. The van der Waals surface area contributed by atoms with Crippen molar-refractivity contribution in [2.75, 3.05) is 7.11 Å². The molecule has 3 aliphatic rings. The summed E-state index contributed by atoms with van der Waals surface area (Å²) in [6.45, 7) is 4.07. The average molecular weight is 437 g/mol. The fourth-order valence-corrected chi connectivity index (χ4v) is 7.44. The van der Waals surface area contributed by atoms with E-state index in [0.717, 1.165) is 28.9 Å². The molecule has 3 aromatic carbocycles. The molecule has 0 bridgehead atoms. The highest BCUT2D eigenvalue weighted by Gasteiger charge is 2.87. The molecule has 0 radical (unpaired) electrons. The Hall–Kier alpha value is -3.20. The van der Waals surface area contributed by atoms with Gasteiger partial charge < -0.3 is 4.74 Å². The first-order valence-electron chi connectivity index (χ1n) is 11.7. The van der Waals surface area contributed by atoms with Gasteiger partial charge in [0.15, 0.2) is 0 Å². The Kier molecular flexibility index (Phi) is 4.12. The lowest BCUT2D eigenvalue weighted by Crippen LogP contribution is -2.59. The largest absolute Gasteiger partial charge is 0.497 e. The van der Waals surface area contributed by atoms with E-state index in [1.807, 2.05) is 74.5 Å². The number of ketones is 2. The molecule has 0 saturated heterocycles. The number of fused-ring (bicyclic) bond motifs is 2. The van der Waals surface area contributed by atoms with Gasteiger partial charge >= 0.3 is 0 Å². The highest BCUT2D eigenvalue weighted by molar-refractivity contribution is 6.13. The van der Waals surface area contributed by atoms with Crippen molar-refractivity contribution in [3.05, 3.63) is 102 Å². The molecule has 33 heavy (non-hydrogen) atoms. The molecule has 0 aromatic heterocycles. The number of benzene rings is 3. The molecule has 0 spiro atoms. The lowest BCUT2D eigenvalue weighted by molar-refractivity contribution is -0.161. The van der Waals surface area contributed by atoms with Crippen LogP contribution in [0, 0.1) is 22.7 Å². The van der Waals surface area contributed by atoms with E-state index in [2.05, 4.69) is 24.3 Å². The summed E-state index contributed by atoms with van der Waals surface area (Å²) in [5.74, 6) is 0.768. The number of hydrogen-bond acceptors (Lipinski definition) is 3. The van der Waals surface area contributed by atoms with Crippen LogP contribution in [0.25, 0.3) is 0 Å². The summed E-state index contributed by atoms with van der Waals surface area (Å²) in [7, 11) is 1.65. The quantitative estimate of drug-likeness (QED) is 0.536. The average Bonchev–Trinajstić information content (AvgIpc) is 3.44. The zero-order valence-electron chi connectivity index (χ0n) is 19.2. The van der Waals surface area contributed by atoms with Crippen LogP contribution in [0.5, 0.6) is 5.75 Å². The second kappa shape index (κ2) is 6.66. The minimum Gasteiger partial charge on any atom is -0.497 e. The number of ether oxygens (including phenoxy) is 1. The standard InChI is InChI=1S/C30H28O3/c1-28-18-23(19-14-16-22(33-3)17-15-19)24(28)26(31)29(2)25(27(28)32)30(29,20-10-6-4-7-11-20)21-12-8-5-9-13-21/h4-17,23-25H,18H2,1-3H3/t23-,24+,25-,28+,29-/m1/s1.